The number of benzene rings is 3. The summed E-state index contributed by atoms with van der Waals surface area (Å²) in [6, 6.07) is 22.3. The average Bonchev–Trinajstić information content (AvgIpc) is 3.46. The first-order chi connectivity index (χ1) is 21.0. The monoisotopic (exact) mass is 580 g/mol. The standard InChI is InChI=1S/C32H29FN6O4/c1-42-28-12-8-24(31(41)38-14-16-43-17-15-38)18-27(28)35-32-36-29-13-9-25(20-39(29)37-32)22-4-6-23(7-5-22)30(40)34-19-21-2-10-26(33)11-3-21/h2-13,18,20H,14-17,19H2,1H3,(H,34,40)(H,35,37). The molecule has 11 heteroatoms. The van der Waals surface area contributed by atoms with E-state index in [1.54, 1.807) is 59.0 Å². The molecule has 1 fully saturated rings. The SMILES string of the molecule is COc1ccc(C(=O)N2CCOCC2)cc1Nc1nc2ccc(-c3ccc(C(=O)NCc4ccc(F)cc4)cc3)cn2n1. The molecule has 3 heterocycles. The Kier molecular flexibility index (Phi) is 7.96. The van der Waals surface area contributed by atoms with Crippen LogP contribution in [0.3, 0.4) is 0 Å². The fourth-order valence-electron chi connectivity index (χ4n) is 4.82. The molecule has 1 saturated heterocycles. The molecule has 0 saturated carbocycles. The van der Waals surface area contributed by atoms with Crippen molar-refractivity contribution in [2.45, 2.75) is 6.54 Å². The van der Waals surface area contributed by atoms with Gasteiger partial charge in [0.1, 0.15) is 11.6 Å². The number of methoxy groups -OCH3 is 1. The van der Waals surface area contributed by atoms with E-state index in [1.165, 1.54) is 12.1 Å². The zero-order chi connectivity index (χ0) is 29.8. The smallest absolute Gasteiger partial charge is 0.254 e. The molecule has 0 unspecified atom stereocenters. The predicted molar refractivity (Wildman–Crippen MR) is 159 cm³/mol. The molecule has 1 aliphatic heterocycles. The number of carbonyl (C=O) groups excluding carboxylic acids is 2. The summed E-state index contributed by atoms with van der Waals surface area (Å²) >= 11 is 0. The first kappa shape index (κ1) is 27.9. The Balaban J connectivity index is 1.15. The van der Waals surface area contributed by atoms with Crippen LogP contribution in [-0.2, 0) is 11.3 Å². The van der Waals surface area contributed by atoms with Crippen molar-refractivity contribution in [2.75, 3.05) is 38.7 Å². The summed E-state index contributed by atoms with van der Waals surface area (Å²) in [5.74, 6) is 0.298. The maximum atomic E-state index is 13.1. The number of nitrogens with zero attached hydrogens (tertiary/aromatic N) is 4. The third-order valence-corrected chi connectivity index (χ3v) is 7.17. The lowest BCUT2D eigenvalue weighted by molar-refractivity contribution is 0.0303. The van der Waals surface area contributed by atoms with E-state index < -0.39 is 0 Å². The Morgan fingerprint density at radius 1 is 0.930 bits per heavy atom. The second-order valence-electron chi connectivity index (χ2n) is 9.99. The number of rotatable bonds is 8. The Hall–Kier alpha value is -5.29. The highest BCUT2D eigenvalue weighted by Crippen LogP contribution is 2.29. The minimum atomic E-state index is -0.315. The van der Waals surface area contributed by atoms with Crippen LogP contribution in [-0.4, -0.2) is 64.7 Å². The number of carbonyl (C=O) groups is 2. The number of morpholine rings is 1. The average molecular weight is 581 g/mol. The number of fused-ring (bicyclic) bond motifs is 1. The number of ether oxygens (including phenoxy) is 2. The van der Waals surface area contributed by atoms with Crippen LogP contribution in [0.2, 0.25) is 0 Å². The third-order valence-electron chi connectivity index (χ3n) is 7.17. The van der Waals surface area contributed by atoms with Crippen molar-refractivity contribution in [1.29, 1.82) is 0 Å². The van der Waals surface area contributed by atoms with Gasteiger partial charge in [-0.2, -0.15) is 4.98 Å². The van der Waals surface area contributed by atoms with Gasteiger partial charge in [-0.3, -0.25) is 9.59 Å². The summed E-state index contributed by atoms with van der Waals surface area (Å²) in [6.45, 7) is 2.46. The van der Waals surface area contributed by atoms with E-state index >= 15 is 0 Å². The molecule has 2 aromatic heterocycles. The summed E-state index contributed by atoms with van der Waals surface area (Å²) in [5, 5.41) is 10.6. The van der Waals surface area contributed by atoms with Crippen LogP contribution in [0.1, 0.15) is 26.3 Å². The molecule has 218 valence electrons. The Morgan fingerprint density at radius 2 is 1.65 bits per heavy atom. The van der Waals surface area contributed by atoms with Gasteiger partial charge in [0.2, 0.25) is 5.95 Å². The fourth-order valence-corrected chi connectivity index (χ4v) is 4.82. The van der Waals surface area contributed by atoms with E-state index in [9.17, 15) is 14.0 Å². The third kappa shape index (κ3) is 6.31. The van der Waals surface area contributed by atoms with Gasteiger partial charge in [0.05, 0.1) is 26.0 Å². The first-order valence-electron chi connectivity index (χ1n) is 13.8. The highest BCUT2D eigenvalue weighted by molar-refractivity contribution is 5.96. The highest BCUT2D eigenvalue weighted by atomic mass is 19.1. The second-order valence-corrected chi connectivity index (χ2v) is 9.99. The van der Waals surface area contributed by atoms with Gasteiger partial charge in [-0.05, 0) is 65.7 Å². The van der Waals surface area contributed by atoms with Crippen LogP contribution in [0.4, 0.5) is 16.0 Å². The summed E-state index contributed by atoms with van der Waals surface area (Å²) in [4.78, 5) is 31.9. The van der Waals surface area contributed by atoms with Gasteiger partial charge in [-0.25, -0.2) is 8.91 Å². The van der Waals surface area contributed by atoms with Crippen molar-refractivity contribution >= 4 is 29.1 Å². The topological polar surface area (TPSA) is 110 Å². The largest absolute Gasteiger partial charge is 0.495 e. The van der Waals surface area contributed by atoms with Crippen LogP contribution < -0.4 is 15.4 Å². The van der Waals surface area contributed by atoms with Crippen molar-refractivity contribution in [3.63, 3.8) is 0 Å². The maximum absolute atomic E-state index is 13.1. The van der Waals surface area contributed by atoms with Crippen LogP contribution in [0, 0.1) is 5.82 Å². The molecular weight excluding hydrogens is 551 g/mol. The van der Waals surface area contributed by atoms with Crippen LogP contribution in [0.15, 0.2) is 85.1 Å². The molecule has 0 aliphatic carbocycles. The lowest BCUT2D eigenvalue weighted by Crippen LogP contribution is -2.40. The van der Waals surface area contributed by atoms with E-state index in [0.717, 1.165) is 16.7 Å². The van der Waals surface area contributed by atoms with Crippen LogP contribution in [0.5, 0.6) is 5.75 Å². The normalized spacial score (nSPS) is 13.1. The Morgan fingerprint density at radius 3 is 2.40 bits per heavy atom. The van der Waals surface area contributed by atoms with Crippen molar-refractivity contribution in [3.8, 4) is 16.9 Å². The van der Waals surface area contributed by atoms with E-state index in [1.807, 2.05) is 30.5 Å². The molecule has 0 bridgehead atoms. The lowest BCUT2D eigenvalue weighted by Gasteiger charge is -2.27. The van der Waals surface area contributed by atoms with Gasteiger partial charge in [0.25, 0.3) is 11.8 Å². The van der Waals surface area contributed by atoms with Gasteiger partial charge < -0.3 is 25.0 Å². The second kappa shape index (κ2) is 12.3. The molecule has 0 spiro atoms. The Bertz CT molecular complexity index is 1770. The summed E-state index contributed by atoms with van der Waals surface area (Å²) in [7, 11) is 1.56. The zero-order valence-corrected chi connectivity index (χ0v) is 23.4. The van der Waals surface area contributed by atoms with Crippen LogP contribution in [0.25, 0.3) is 16.8 Å². The number of aromatic nitrogens is 3. The summed E-state index contributed by atoms with van der Waals surface area (Å²) < 4.78 is 25.6. The molecular formula is C32H29FN6O4. The van der Waals surface area contributed by atoms with E-state index in [4.69, 9.17) is 9.47 Å². The van der Waals surface area contributed by atoms with E-state index in [0.29, 0.717) is 67.0 Å². The lowest BCUT2D eigenvalue weighted by atomic mass is 10.1. The maximum Gasteiger partial charge on any atom is 0.254 e. The molecule has 2 amide bonds. The van der Waals surface area contributed by atoms with Gasteiger partial charge in [0, 0.05) is 42.5 Å². The number of halogens is 1. The van der Waals surface area contributed by atoms with E-state index in [-0.39, 0.29) is 17.6 Å². The number of nitrogens with one attached hydrogen (secondary N) is 2. The minimum Gasteiger partial charge on any atom is -0.495 e. The molecule has 5 aromatic rings. The molecule has 0 atom stereocenters. The van der Waals surface area contributed by atoms with Gasteiger partial charge in [-0.15, -0.1) is 5.10 Å². The van der Waals surface area contributed by atoms with Crippen molar-refractivity contribution in [1.82, 2.24) is 24.8 Å². The fraction of sp³-hybridized carbons (Fsp3) is 0.188. The van der Waals surface area contributed by atoms with E-state index in [2.05, 4.69) is 20.7 Å². The molecule has 3 aromatic carbocycles. The number of amides is 2. The molecule has 6 rings (SSSR count). The van der Waals surface area contributed by atoms with Gasteiger partial charge >= 0.3 is 0 Å². The number of hydrogen-bond donors (Lipinski definition) is 2. The molecule has 1 aliphatic rings. The highest BCUT2D eigenvalue weighted by Gasteiger charge is 2.20. The van der Waals surface area contributed by atoms with Crippen molar-refractivity contribution in [3.05, 3.63) is 108 Å². The van der Waals surface area contributed by atoms with Crippen molar-refractivity contribution in [2.24, 2.45) is 0 Å². The first-order valence-corrected chi connectivity index (χ1v) is 13.8. The van der Waals surface area contributed by atoms with Gasteiger partial charge in [-0.1, -0.05) is 24.3 Å². The quantitative estimate of drug-likeness (QED) is 0.274. The van der Waals surface area contributed by atoms with Gasteiger partial charge in [0.15, 0.2) is 5.65 Å². The Labute approximate surface area is 247 Å². The number of hydrogen-bond acceptors (Lipinski definition) is 7. The zero-order valence-electron chi connectivity index (χ0n) is 23.4. The number of pyridine rings is 1. The molecule has 10 nitrogen and oxygen atoms in total. The van der Waals surface area contributed by atoms with Crippen LogP contribution >= 0.6 is 0 Å². The summed E-state index contributed by atoms with van der Waals surface area (Å²) in [5.41, 5.74) is 4.85. The predicted octanol–water partition coefficient (Wildman–Crippen LogP) is 4.69. The molecule has 43 heavy (non-hydrogen) atoms. The minimum absolute atomic E-state index is 0.0713. The molecule has 2 N–H and O–H groups in total. The number of anilines is 2. The summed E-state index contributed by atoms with van der Waals surface area (Å²) in [6.07, 6.45) is 1.85. The van der Waals surface area contributed by atoms with Crippen molar-refractivity contribution < 1.29 is 23.5 Å². The molecule has 0 radical (unpaired) electrons.